The number of nitrogens with zero attached hydrogens (tertiary/aromatic N) is 2. The molecule has 1 aromatic heterocycles. The van der Waals surface area contributed by atoms with Crippen molar-refractivity contribution in [1.82, 2.24) is 9.97 Å². The second-order valence-electron chi connectivity index (χ2n) is 4.87. The average molecular weight is 312 g/mol. The molecular weight excluding hydrogens is 300 g/mol. The summed E-state index contributed by atoms with van der Waals surface area (Å²) in [7, 11) is 0. The van der Waals surface area contributed by atoms with Crippen LogP contribution in [0.1, 0.15) is 30.1 Å². The van der Waals surface area contributed by atoms with E-state index < -0.39 is 0 Å². The minimum absolute atomic E-state index is 0.298. The number of benzene rings is 1. The third-order valence-electron chi connectivity index (χ3n) is 3.23. The van der Waals surface area contributed by atoms with Crippen molar-refractivity contribution in [2.75, 3.05) is 5.32 Å². The molecule has 0 unspecified atom stereocenters. The molecule has 3 nitrogen and oxygen atoms in total. The third-order valence-corrected chi connectivity index (χ3v) is 3.91. The van der Waals surface area contributed by atoms with E-state index in [4.69, 9.17) is 23.2 Å². The smallest absolute Gasteiger partial charge is 0.138 e. The van der Waals surface area contributed by atoms with Gasteiger partial charge in [0.2, 0.25) is 0 Å². The Hall–Kier alpha value is -1.39. The van der Waals surface area contributed by atoms with Gasteiger partial charge in [-0.1, -0.05) is 23.2 Å². The minimum atomic E-state index is -0.378. The first-order valence-corrected chi connectivity index (χ1v) is 7.06. The highest BCUT2D eigenvalue weighted by atomic mass is 35.5. The highest BCUT2D eigenvalue weighted by molar-refractivity contribution is 6.33. The number of hydrogen-bond donors (Lipinski definition) is 1. The molecule has 1 aromatic carbocycles. The van der Waals surface area contributed by atoms with Crippen LogP contribution in [0.3, 0.4) is 0 Å². The summed E-state index contributed by atoms with van der Waals surface area (Å²) < 4.78 is 13.0. The molecule has 6 heteroatoms. The van der Waals surface area contributed by atoms with Crippen LogP contribution in [-0.2, 0) is 0 Å². The predicted molar refractivity (Wildman–Crippen MR) is 78.4 cm³/mol. The van der Waals surface area contributed by atoms with Crippen LogP contribution < -0.4 is 5.32 Å². The van der Waals surface area contributed by atoms with Gasteiger partial charge >= 0.3 is 0 Å². The predicted octanol–water partition coefficient (Wildman–Crippen LogP) is 4.85. The molecular formula is C14H12Cl2FN3. The summed E-state index contributed by atoms with van der Waals surface area (Å²) in [5, 5.41) is 3.83. The van der Waals surface area contributed by atoms with E-state index in [1.165, 1.54) is 12.1 Å². The molecule has 0 aliphatic heterocycles. The maximum absolute atomic E-state index is 13.0. The van der Waals surface area contributed by atoms with E-state index >= 15 is 0 Å². The molecule has 0 saturated heterocycles. The molecule has 1 N–H and O–H groups in total. The van der Waals surface area contributed by atoms with E-state index in [0.717, 1.165) is 24.2 Å². The zero-order valence-electron chi connectivity index (χ0n) is 10.8. The Labute approximate surface area is 126 Å². The second kappa shape index (κ2) is 5.19. The quantitative estimate of drug-likeness (QED) is 0.823. The van der Waals surface area contributed by atoms with Crippen molar-refractivity contribution in [3.05, 3.63) is 45.6 Å². The monoisotopic (exact) mass is 311 g/mol. The van der Waals surface area contributed by atoms with Crippen molar-refractivity contribution in [3.8, 4) is 0 Å². The van der Waals surface area contributed by atoms with E-state index in [-0.39, 0.29) is 5.82 Å². The van der Waals surface area contributed by atoms with Gasteiger partial charge in [-0.25, -0.2) is 14.4 Å². The zero-order chi connectivity index (χ0) is 14.3. The SMILES string of the molecule is Cc1c(Cl)nc(C2CC2)nc1Nc1ccc(F)cc1Cl. The van der Waals surface area contributed by atoms with Crippen molar-refractivity contribution >= 4 is 34.7 Å². The molecule has 0 amide bonds. The van der Waals surface area contributed by atoms with Gasteiger partial charge in [0.15, 0.2) is 0 Å². The van der Waals surface area contributed by atoms with Crippen LogP contribution in [0.2, 0.25) is 10.2 Å². The highest BCUT2D eigenvalue weighted by Crippen LogP contribution is 2.40. The number of aromatic nitrogens is 2. The van der Waals surface area contributed by atoms with Crippen LogP contribution in [0.5, 0.6) is 0 Å². The molecule has 1 heterocycles. The van der Waals surface area contributed by atoms with E-state index in [2.05, 4.69) is 15.3 Å². The van der Waals surface area contributed by atoms with Crippen molar-refractivity contribution in [2.24, 2.45) is 0 Å². The summed E-state index contributed by atoms with van der Waals surface area (Å²) in [5.74, 6) is 1.38. The fraction of sp³-hybridized carbons (Fsp3) is 0.286. The molecule has 0 bridgehead atoms. The van der Waals surface area contributed by atoms with Crippen molar-refractivity contribution < 1.29 is 4.39 Å². The van der Waals surface area contributed by atoms with Crippen molar-refractivity contribution in [3.63, 3.8) is 0 Å². The maximum atomic E-state index is 13.0. The molecule has 1 fully saturated rings. The Morgan fingerprint density at radius 1 is 1.25 bits per heavy atom. The molecule has 0 atom stereocenters. The molecule has 104 valence electrons. The molecule has 0 radical (unpaired) electrons. The van der Waals surface area contributed by atoms with Crippen LogP contribution >= 0.6 is 23.2 Å². The number of halogens is 3. The van der Waals surface area contributed by atoms with Gasteiger partial charge in [0.05, 0.1) is 10.7 Å². The second-order valence-corrected chi connectivity index (χ2v) is 5.63. The number of rotatable bonds is 3. The van der Waals surface area contributed by atoms with Gasteiger partial charge in [0, 0.05) is 11.5 Å². The summed E-state index contributed by atoms with van der Waals surface area (Å²) in [4.78, 5) is 8.79. The van der Waals surface area contributed by atoms with Gasteiger partial charge in [0.1, 0.15) is 22.6 Å². The average Bonchev–Trinajstić information content (AvgIpc) is 3.22. The molecule has 0 spiro atoms. The molecule has 1 saturated carbocycles. The first-order chi connectivity index (χ1) is 9.54. The van der Waals surface area contributed by atoms with Gasteiger partial charge in [-0.15, -0.1) is 0 Å². The summed E-state index contributed by atoms with van der Waals surface area (Å²) in [6.45, 7) is 1.83. The summed E-state index contributed by atoms with van der Waals surface area (Å²) >= 11 is 12.1. The van der Waals surface area contributed by atoms with Crippen LogP contribution in [-0.4, -0.2) is 9.97 Å². The Bertz CT molecular complexity index is 672. The van der Waals surface area contributed by atoms with Crippen LogP contribution in [0.15, 0.2) is 18.2 Å². The van der Waals surface area contributed by atoms with E-state index in [9.17, 15) is 4.39 Å². The lowest BCUT2D eigenvalue weighted by atomic mass is 10.2. The number of anilines is 2. The lowest BCUT2D eigenvalue weighted by Crippen LogP contribution is -2.03. The van der Waals surface area contributed by atoms with Gasteiger partial charge in [-0.3, -0.25) is 0 Å². The van der Waals surface area contributed by atoms with Crippen molar-refractivity contribution in [2.45, 2.75) is 25.7 Å². The molecule has 2 aromatic rings. The van der Waals surface area contributed by atoms with Crippen LogP contribution in [0.4, 0.5) is 15.9 Å². The Kier molecular flexibility index (Phi) is 3.52. The largest absolute Gasteiger partial charge is 0.339 e. The lowest BCUT2D eigenvalue weighted by molar-refractivity contribution is 0.628. The third kappa shape index (κ3) is 2.72. The maximum Gasteiger partial charge on any atom is 0.138 e. The fourth-order valence-corrected chi connectivity index (χ4v) is 2.26. The number of hydrogen-bond acceptors (Lipinski definition) is 3. The van der Waals surface area contributed by atoms with Gasteiger partial charge < -0.3 is 5.32 Å². The Morgan fingerprint density at radius 3 is 2.65 bits per heavy atom. The topological polar surface area (TPSA) is 37.8 Å². The normalized spacial score (nSPS) is 14.4. The Balaban J connectivity index is 1.97. The first-order valence-electron chi connectivity index (χ1n) is 6.30. The summed E-state index contributed by atoms with van der Waals surface area (Å²) in [5.41, 5.74) is 1.34. The molecule has 3 rings (SSSR count). The number of nitrogens with one attached hydrogen (secondary N) is 1. The Morgan fingerprint density at radius 2 is 2.00 bits per heavy atom. The van der Waals surface area contributed by atoms with Crippen LogP contribution in [0.25, 0.3) is 0 Å². The molecule has 1 aliphatic carbocycles. The van der Waals surface area contributed by atoms with E-state index in [1.807, 2.05) is 6.92 Å². The molecule has 20 heavy (non-hydrogen) atoms. The standard InChI is InChI=1S/C14H12Cl2FN3/c1-7-12(16)19-14(8-2-3-8)20-13(7)18-11-5-4-9(17)6-10(11)15/h4-6,8H,2-3H2,1H3,(H,18,19,20). The van der Waals surface area contributed by atoms with Crippen molar-refractivity contribution in [1.29, 1.82) is 0 Å². The highest BCUT2D eigenvalue weighted by Gasteiger charge is 2.28. The van der Waals surface area contributed by atoms with Gasteiger partial charge in [0.25, 0.3) is 0 Å². The molecule has 1 aliphatic rings. The van der Waals surface area contributed by atoms with Gasteiger partial charge in [-0.05, 0) is 38.0 Å². The minimum Gasteiger partial charge on any atom is -0.339 e. The fourth-order valence-electron chi connectivity index (χ4n) is 1.87. The van der Waals surface area contributed by atoms with Gasteiger partial charge in [-0.2, -0.15) is 0 Å². The van der Waals surface area contributed by atoms with E-state index in [0.29, 0.717) is 27.6 Å². The lowest BCUT2D eigenvalue weighted by Gasteiger charge is -2.12. The van der Waals surface area contributed by atoms with Crippen LogP contribution in [0, 0.1) is 12.7 Å². The van der Waals surface area contributed by atoms with E-state index in [1.54, 1.807) is 6.07 Å². The summed E-state index contributed by atoms with van der Waals surface area (Å²) in [6, 6.07) is 4.17. The summed E-state index contributed by atoms with van der Waals surface area (Å²) in [6.07, 6.45) is 2.19. The first kappa shape index (κ1) is 13.6. The zero-order valence-corrected chi connectivity index (χ0v) is 12.3.